The molecular weight excluding hydrogens is 420 g/mol. The number of allylic oxidation sites excluding steroid dienone is 6. The van der Waals surface area contributed by atoms with E-state index in [1.165, 1.54) is 22.4 Å². The Morgan fingerprint density at radius 2 is 1.87 bits per heavy atom. The van der Waals surface area contributed by atoms with Gasteiger partial charge in [-0.3, -0.25) is 0 Å². The number of hydrogen-bond acceptors (Lipinski definition) is 3. The molecule has 1 N–H and O–H groups in total. The molecule has 1 aliphatic carbocycles. The molecule has 1 aromatic rings. The SMILES string of the molecule is CCCS/C(C)=C(\C#N)C(C(CNC1=CCCC=C1CC)=C(C)C)c1ccccc1Cl. The molecule has 0 amide bonds. The number of nitrogens with one attached hydrogen (secondary N) is 1. The van der Waals surface area contributed by atoms with Crippen molar-refractivity contribution >= 4 is 23.4 Å². The Bertz CT molecular complexity index is 927. The first-order valence-corrected chi connectivity index (χ1v) is 12.6. The maximum atomic E-state index is 10.2. The second kappa shape index (κ2) is 12.8. The predicted molar refractivity (Wildman–Crippen MR) is 137 cm³/mol. The summed E-state index contributed by atoms with van der Waals surface area (Å²) in [6.07, 6.45) is 8.92. The first-order chi connectivity index (χ1) is 14.9. The van der Waals surface area contributed by atoms with Gasteiger partial charge in [0.05, 0.1) is 11.6 Å². The van der Waals surface area contributed by atoms with E-state index in [4.69, 9.17) is 11.6 Å². The van der Waals surface area contributed by atoms with Crippen LogP contribution in [0.5, 0.6) is 0 Å². The third-order valence-electron chi connectivity index (χ3n) is 5.62. The van der Waals surface area contributed by atoms with Crippen molar-refractivity contribution in [2.75, 3.05) is 12.3 Å². The Labute approximate surface area is 198 Å². The summed E-state index contributed by atoms with van der Waals surface area (Å²) in [6.45, 7) is 11.4. The zero-order valence-electron chi connectivity index (χ0n) is 19.5. The number of benzene rings is 1. The van der Waals surface area contributed by atoms with Gasteiger partial charge in [0.2, 0.25) is 0 Å². The fourth-order valence-electron chi connectivity index (χ4n) is 3.91. The second-order valence-electron chi connectivity index (χ2n) is 8.04. The van der Waals surface area contributed by atoms with Gasteiger partial charge in [0.15, 0.2) is 0 Å². The molecule has 1 aliphatic rings. The Hall–Kier alpha value is -1.89. The highest BCUT2D eigenvalue weighted by molar-refractivity contribution is 8.03. The predicted octanol–water partition coefficient (Wildman–Crippen LogP) is 8.30. The van der Waals surface area contributed by atoms with Crippen molar-refractivity contribution in [3.8, 4) is 6.07 Å². The number of hydrogen-bond donors (Lipinski definition) is 1. The van der Waals surface area contributed by atoms with Crippen LogP contribution in [0, 0.1) is 11.3 Å². The summed E-state index contributed by atoms with van der Waals surface area (Å²) in [7, 11) is 0. The fraction of sp³-hybridized carbons (Fsp3) is 0.444. The molecule has 1 unspecified atom stereocenters. The molecule has 0 heterocycles. The van der Waals surface area contributed by atoms with Gasteiger partial charge in [0, 0.05) is 23.2 Å². The van der Waals surface area contributed by atoms with Crippen molar-refractivity contribution in [1.82, 2.24) is 5.32 Å². The molecule has 0 saturated carbocycles. The lowest BCUT2D eigenvalue weighted by Crippen LogP contribution is -2.24. The molecule has 0 spiro atoms. The molecule has 31 heavy (non-hydrogen) atoms. The van der Waals surface area contributed by atoms with Crippen LogP contribution in [0.1, 0.15) is 71.8 Å². The van der Waals surface area contributed by atoms with E-state index in [0.717, 1.165) is 47.5 Å². The van der Waals surface area contributed by atoms with Crippen LogP contribution >= 0.6 is 23.4 Å². The van der Waals surface area contributed by atoms with E-state index in [9.17, 15) is 5.26 Å². The number of halogens is 1. The molecule has 0 bridgehead atoms. The van der Waals surface area contributed by atoms with E-state index in [1.54, 1.807) is 11.8 Å². The smallest absolute Gasteiger partial charge is 0.0965 e. The van der Waals surface area contributed by atoms with Gasteiger partial charge in [0.25, 0.3) is 0 Å². The zero-order valence-corrected chi connectivity index (χ0v) is 21.1. The van der Waals surface area contributed by atoms with Crippen molar-refractivity contribution in [1.29, 1.82) is 5.26 Å². The third kappa shape index (κ3) is 6.79. The van der Waals surface area contributed by atoms with Gasteiger partial charge in [-0.15, -0.1) is 11.8 Å². The van der Waals surface area contributed by atoms with Crippen LogP contribution in [0.3, 0.4) is 0 Å². The van der Waals surface area contributed by atoms with Crippen LogP contribution in [0.2, 0.25) is 5.02 Å². The first kappa shape index (κ1) is 25.4. The van der Waals surface area contributed by atoms with Gasteiger partial charge in [0.1, 0.15) is 0 Å². The molecule has 0 aromatic heterocycles. The van der Waals surface area contributed by atoms with E-state index in [1.807, 2.05) is 18.2 Å². The first-order valence-electron chi connectivity index (χ1n) is 11.2. The van der Waals surface area contributed by atoms with Crippen molar-refractivity contribution in [3.63, 3.8) is 0 Å². The van der Waals surface area contributed by atoms with E-state index < -0.39 is 0 Å². The highest BCUT2D eigenvalue weighted by atomic mass is 35.5. The third-order valence-corrected chi connectivity index (χ3v) is 7.23. The fourth-order valence-corrected chi connectivity index (χ4v) is 4.98. The van der Waals surface area contributed by atoms with Gasteiger partial charge in [-0.1, -0.05) is 61.4 Å². The van der Waals surface area contributed by atoms with E-state index in [0.29, 0.717) is 11.6 Å². The average Bonchev–Trinajstić information content (AvgIpc) is 2.77. The number of thioether (sulfide) groups is 1. The van der Waals surface area contributed by atoms with Crippen molar-refractivity contribution in [2.24, 2.45) is 0 Å². The van der Waals surface area contributed by atoms with E-state index >= 15 is 0 Å². The number of rotatable bonds is 10. The van der Waals surface area contributed by atoms with Gasteiger partial charge in [-0.2, -0.15) is 5.26 Å². The number of nitriles is 1. The lowest BCUT2D eigenvalue weighted by atomic mass is 9.82. The molecule has 2 rings (SSSR count). The van der Waals surface area contributed by atoms with Crippen LogP contribution in [0.4, 0.5) is 0 Å². The summed E-state index contributed by atoms with van der Waals surface area (Å²) in [5, 5.41) is 14.6. The van der Waals surface area contributed by atoms with Gasteiger partial charge in [-0.05, 0) is 79.9 Å². The van der Waals surface area contributed by atoms with Gasteiger partial charge >= 0.3 is 0 Å². The quantitative estimate of drug-likeness (QED) is 0.285. The minimum atomic E-state index is -0.154. The highest BCUT2D eigenvalue weighted by Crippen LogP contribution is 2.40. The summed E-state index contributed by atoms with van der Waals surface area (Å²) < 4.78 is 0. The van der Waals surface area contributed by atoms with E-state index in [2.05, 4.69) is 64.2 Å². The molecule has 1 atom stereocenters. The molecule has 0 radical (unpaired) electrons. The molecule has 4 heteroatoms. The number of nitrogens with zero attached hydrogens (tertiary/aromatic N) is 1. The van der Waals surface area contributed by atoms with Crippen LogP contribution in [0.25, 0.3) is 0 Å². The Balaban J connectivity index is 2.51. The summed E-state index contributed by atoms with van der Waals surface area (Å²) in [4.78, 5) is 1.08. The Kier molecular flexibility index (Phi) is 10.5. The Morgan fingerprint density at radius 1 is 1.16 bits per heavy atom. The summed E-state index contributed by atoms with van der Waals surface area (Å²) in [5.41, 5.74) is 6.83. The molecule has 2 nitrogen and oxygen atoms in total. The Morgan fingerprint density at radius 3 is 2.48 bits per heavy atom. The molecule has 0 aliphatic heterocycles. The van der Waals surface area contributed by atoms with Crippen molar-refractivity contribution in [3.05, 3.63) is 79.9 Å². The van der Waals surface area contributed by atoms with Gasteiger partial charge in [-0.25, -0.2) is 0 Å². The van der Waals surface area contributed by atoms with E-state index in [-0.39, 0.29) is 5.92 Å². The van der Waals surface area contributed by atoms with Crippen LogP contribution < -0.4 is 5.32 Å². The van der Waals surface area contributed by atoms with Crippen molar-refractivity contribution < 1.29 is 0 Å². The van der Waals surface area contributed by atoms with Gasteiger partial charge < -0.3 is 5.32 Å². The molecular formula is C27H35ClN2S. The van der Waals surface area contributed by atoms with Crippen LogP contribution in [0.15, 0.2) is 69.3 Å². The maximum absolute atomic E-state index is 10.2. The molecule has 0 saturated heterocycles. The monoisotopic (exact) mass is 454 g/mol. The largest absolute Gasteiger partial charge is 0.381 e. The summed E-state index contributed by atoms with van der Waals surface area (Å²) >= 11 is 8.44. The molecule has 1 aromatic carbocycles. The maximum Gasteiger partial charge on any atom is 0.0965 e. The normalized spacial score (nSPS) is 15.3. The minimum absolute atomic E-state index is 0.154. The summed E-state index contributed by atoms with van der Waals surface area (Å²) in [5.74, 6) is 0.852. The lowest BCUT2D eigenvalue weighted by molar-refractivity contribution is 0.770. The topological polar surface area (TPSA) is 35.8 Å². The summed E-state index contributed by atoms with van der Waals surface area (Å²) in [6, 6.07) is 10.5. The van der Waals surface area contributed by atoms with Crippen LogP contribution in [-0.2, 0) is 0 Å². The molecule has 166 valence electrons. The zero-order chi connectivity index (χ0) is 22.8. The highest BCUT2D eigenvalue weighted by Gasteiger charge is 2.26. The minimum Gasteiger partial charge on any atom is -0.381 e. The molecule has 0 fully saturated rings. The van der Waals surface area contributed by atoms with Crippen molar-refractivity contribution in [2.45, 2.75) is 66.2 Å². The van der Waals surface area contributed by atoms with Crippen LogP contribution in [-0.4, -0.2) is 12.3 Å². The lowest BCUT2D eigenvalue weighted by Gasteiger charge is -2.27. The standard InChI is InChI=1S/C27H35ClN2S/c1-6-16-31-20(5)23(17-29)27(22-13-9-10-14-25(22)28)24(19(3)4)18-30-26-15-11-8-12-21(26)7-2/h9-10,12-15,27,30H,6-8,11,16,18H2,1-5H3/b23-20+. The second-order valence-corrected chi connectivity index (χ2v) is 9.76. The average molecular weight is 455 g/mol.